The average molecular weight is 258 g/mol. The fourth-order valence-electron chi connectivity index (χ4n) is 1.80. The van der Waals surface area contributed by atoms with E-state index in [1.807, 2.05) is 26.0 Å². The zero-order valence-electron chi connectivity index (χ0n) is 11.0. The topological polar surface area (TPSA) is 56.5 Å². The summed E-state index contributed by atoms with van der Waals surface area (Å²) in [4.78, 5) is 23.6. The van der Waals surface area contributed by atoms with Crippen molar-refractivity contribution in [2.45, 2.75) is 13.8 Å². The number of rotatable bonds is 3. The summed E-state index contributed by atoms with van der Waals surface area (Å²) in [6, 6.07) is 8.42. The molecular formula is C15H14O4. The summed E-state index contributed by atoms with van der Waals surface area (Å²) in [6.45, 7) is 3.82. The predicted octanol–water partition coefficient (Wildman–Crippen LogP) is 2.91. The molecule has 0 aliphatic rings. The van der Waals surface area contributed by atoms with Crippen molar-refractivity contribution in [1.29, 1.82) is 0 Å². The first-order chi connectivity index (χ1) is 9.04. The molecule has 0 N–H and O–H groups in total. The molecule has 1 heterocycles. The molecule has 0 spiro atoms. The maximum Gasteiger partial charge on any atom is 0.373 e. The second-order valence-corrected chi connectivity index (χ2v) is 4.23. The van der Waals surface area contributed by atoms with Gasteiger partial charge in [0.25, 0.3) is 0 Å². The van der Waals surface area contributed by atoms with Gasteiger partial charge < -0.3 is 9.15 Å². The molecule has 0 aliphatic carbocycles. The molecule has 4 nitrogen and oxygen atoms in total. The van der Waals surface area contributed by atoms with E-state index in [1.54, 1.807) is 6.07 Å². The van der Waals surface area contributed by atoms with E-state index in [0.29, 0.717) is 5.56 Å². The van der Waals surface area contributed by atoms with Crippen LogP contribution in [0.2, 0.25) is 0 Å². The normalized spacial score (nSPS) is 10.3. The molecule has 0 aliphatic heterocycles. The third-order valence-corrected chi connectivity index (χ3v) is 3.07. The van der Waals surface area contributed by atoms with Gasteiger partial charge in [-0.15, -0.1) is 0 Å². The van der Waals surface area contributed by atoms with Gasteiger partial charge in [-0.2, -0.15) is 0 Å². The van der Waals surface area contributed by atoms with E-state index in [2.05, 4.69) is 4.74 Å². The minimum atomic E-state index is -0.597. The molecule has 98 valence electrons. The van der Waals surface area contributed by atoms with Crippen molar-refractivity contribution in [3.63, 3.8) is 0 Å². The van der Waals surface area contributed by atoms with Crippen molar-refractivity contribution in [1.82, 2.24) is 0 Å². The van der Waals surface area contributed by atoms with Crippen LogP contribution in [0.25, 0.3) is 0 Å². The molecule has 0 atom stereocenters. The molecule has 0 fully saturated rings. The Hall–Kier alpha value is -2.36. The Bertz CT molecular complexity index is 637. The summed E-state index contributed by atoms with van der Waals surface area (Å²) in [5, 5.41) is 0. The third-order valence-electron chi connectivity index (χ3n) is 3.07. The standard InChI is InChI=1S/C15H14O4/c1-9-5-4-6-11(10(9)2)14(16)12-7-8-13(19-12)15(17)18-3/h4-8H,1-3H3. The first-order valence-corrected chi connectivity index (χ1v) is 5.83. The van der Waals surface area contributed by atoms with Crippen LogP contribution in [0.1, 0.15) is 37.8 Å². The molecule has 1 aromatic heterocycles. The van der Waals surface area contributed by atoms with Crippen LogP contribution in [0.15, 0.2) is 34.7 Å². The SMILES string of the molecule is COC(=O)c1ccc(C(=O)c2cccc(C)c2C)o1. The Morgan fingerprint density at radius 2 is 1.74 bits per heavy atom. The van der Waals surface area contributed by atoms with E-state index in [0.717, 1.165) is 11.1 Å². The molecule has 0 saturated carbocycles. The lowest BCUT2D eigenvalue weighted by Gasteiger charge is -2.05. The molecule has 0 amide bonds. The van der Waals surface area contributed by atoms with E-state index in [9.17, 15) is 9.59 Å². The Labute approximate surface area is 111 Å². The average Bonchev–Trinajstić information content (AvgIpc) is 2.90. The number of hydrogen-bond acceptors (Lipinski definition) is 4. The van der Waals surface area contributed by atoms with Gasteiger partial charge >= 0.3 is 5.97 Å². The molecule has 2 aromatic rings. The minimum Gasteiger partial charge on any atom is -0.463 e. The van der Waals surface area contributed by atoms with Crippen LogP contribution >= 0.6 is 0 Å². The molecule has 0 radical (unpaired) electrons. The Balaban J connectivity index is 2.37. The number of benzene rings is 1. The highest BCUT2D eigenvalue weighted by Gasteiger charge is 2.19. The summed E-state index contributed by atoms with van der Waals surface area (Å²) in [7, 11) is 1.26. The first-order valence-electron chi connectivity index (χ1n) is 5.83. The van der Waals surface area contributed by atoms with Crippen LogP contribution in [0.4, 0.5) is 0 Å². The molecule has 0 unspecified atom stereocenters. The second-order valence-electron chi connectivity index (χ2n) is 4.23. The highest BCUT2D eigenvalue weighted by atomic mass is 16.5. The Morgan fingerprint density at radius 3 is 2.42 bits per heavy atom. The summed E-state index contributed by atoms with van der Waals surface area (Å²) in [5.41, 5.74) is 2.51. The summed E-state index contributed by atoms with van der Waals surface area (Å²) in [6.07, 6.45) is 0. The van der Waals surface area contributed by atoms with E-state index >= 15 is 0 Å². The van der Waals surface area contributed by atoms with Crippen molar-refractivity contribution >= 4 is 11.8 Å². The molecule has 19 heavy (non-hydrogen) atoms. The van der Waals surface area contributed by atoms with Crippen molar-refractivity contribution in [3.8, 4) is 0 Å². The van der Waals surface area contributed by atoms with Crippen LogP contribution in [0.3, 0.4) is 0 Å². The molecule has 0 saturated heterocycles. The van der Waals surface area contributed by atoms with Crippen molar-refractivity contribution in [2.24, 2.45) is 0 Å². The maximum absolute atomic E-state index is 12.3. The van der Waals surface area contributed by atoms with Crippen LogP contribution in [0.5, 0.6) is 0 Å². The number of furan rings is 1. The first kappa shape index (κ1) is 13.1. The van der Waals surface area contributed by atoms with E-state index in [-0.39, 0.29) is 17.3 Å². The van der Waals surface area contributed by atoms with Gasteiger partial charge in [-0.25, -0.2) is 4.79 Å². The zero-order valence-corrected chi connectivity index (χ0v) is 11.0. The zero-order chi connectivity index (χ0) is 14.0. The number of carbonyl (C=O) groups is 2. The number of ketones is 1. The van der Waals surface area contributed by atoms with Crippen LogP contribution in [-0.4, -0.2) is 18.9 Å². The van der Waals surface area contributed by atoms with Gasteiger partial charge in [-0.3, -0.25) is 4.79 Å². The van der Waals surface area contributed by atoms with Gasteiger partial charge in [0.2, 0.25) is 11.5 Å². The second kappa shape index (κ2) is 5.10. The highest BCUT2D eigenvalue weighted by molar-refractivity contribution is 6.08. The van der Waals surface area contributed by atoms with E-state index < -0.39 is 5.97 Å². The van der Waals surface area contributed by atoms with Gasteiger partial charge in [0, 0.05) is 5.56 Å². The van der Waals surface area contributed by atoms with E-state index in [1.165, 1.54) is 19.2 Å². The number of ether oxygens (including phenoxy) is 1. The number of methoxy groups -OCH3 is 1. The molecule has 4 heteroatoms. The van der Waals surface area contributed by atoms with Gasteiger partial charge in [-0.1, -0.05) is 18.2 Å². The molecule has 0 bridgehead atoms. The lowest BCUT2D eigenvalue weighted by Crippen LogP contribution is -2.04. The van der Waals surface area contributed by atoms with Crippen molar-refractivity contribution < 1.29 is 18.7 Å². The Kier molecular flexibility index (Phi) is 3.51. The van der Waals surface area contributed by atoms with Crippen molar-refractivity contribution in [2.75, 3.05) is 7.11 Å². The largest absolute Gasteiger partial charge is 0.463 e. The lowest BCUT2D eigenvalue weighted by atomic mass is 9.99. The number of carbonyl (C=O) groups excluding carboxylic acids is 2. The predicted molar refractivity (Wildman–Crippen MR) is 69.4 cm³/mol. The highest BCUT2D eigenvalue weighted by Crippen LogP contribution is 2.19. The third kappa shape index (κ3) is 2.42. The number of hydrogen-bond donors (Lipinski definition) is 0. The quantitative estimate of drug-likeness (QED) is 0.627. The van der Waals surface area contributed by atoms with Crippen molar-refractivity contribution in [3.05, 3.63) is 58.5 Å². The summed E-state index contributed by atoms with van der Waals surface area (Å²) >= 11 is 0. The fourth-order valence-corrected chi connectivity index (χ4v) is 1.80. The maximum atomic E-state index is 12.3. The van der Waals surface area contributed by atoms with Gasteiger partial charge in [-0.05, 0) is 37.1 Å². The van der Waals surface area contributed by atoms with Crippen LogP contribution in [-0.2, 0) is 4.74 Å². The van der Waals surface area contributed by atoms with Gasteiger partial charge in [0.1, 0.15) is 0 Å². The van der Waals surface area contributed by atoms with Gasteiger partial charge in [0.15, 0.2) is 5.76 Å². The van der Waals surface area contributed by atoms with Crippen LogP contribution < -0.4 is 0 Å². The van der Waals surface area contributed by atoms with Gasteiger partial charge in [0.05, 0.1) is 7.11 Å². The Morgan fingerprint density at radius 1 is 1.05 bits per heavy atom. The number of aryl methyl sites for hydroxylation is 1. The summed E-state index contributed by atoms with van der Waals surface area (Å²) in [5.74, 6) is -0.679. The summed E-state index contributed by atoms with van der Waals surface area (Å²) < 4.78 is 9.76. The smallest absolute Gasteiger partial charge is 0.373 e. The van der Waals surface area contributed by atoms with E-state index in [4.69, 9.17) is 4.42 Å². The lowest BCUT2D eigenvalue weighted by molar-refractivity contribution is 0.0563. The molecule has 2 rings (SSSR count). The van der Waals surface area contributed by atoms with Crippen LogP contribution in [0, 0.1) is 13.8 Å². The molecular weight excluding hydrogens is 244 g/mol. The molecule has 1 aromatic carbocycles. The minimum absolute atomic E-state index is 0.0242. The fraction of sp³-hybridized carbons (Fsp3) is 0.200. The number of esters is 1. The monoisotopic (exact) mass is 258 g/mol.